The molecule has 1 heterocycles. The monoisotopic (exact) mass is 277 g/mol. The van der Waals surface area contributed by atoms with Crippen molar-refractivity contribution < 1.29 is 5.11 Å². The van der Waals surface area contributed by atoms with E-state index in [9.17, 15) is 5.11 Å². The summed E-state index contributed by atoms with van der Waals surface area (Å²) in [7, 11) is 0. The first kappa shape index (κ1) is 13.5. The molecule has 1 rings (SSSR count). The second-order valence-electron chi connectivity index (χ2n) is 5.13. The van der Waals surface area contributed by atoms with Crippen LogP contribution in [0.2, 0.25) is 0 Å². The lowest BCUT2D eigenvalue weighted by molar-refractivity contribution is 0.111. The molecule has 2 nitrogen and oxygen atoms in total. The quantitative estimate of drug-likeness (QED) is 0.780. The van der Waals surface area contributed by atoms with Crippen LogP contribution >= 0.6 is 15.9 Å². The average Bonchev–Trinajstić information content (AvgIpc) is 2.21. The van der Waals surface area contributed by atoms with Crippen molar-refractivity contribution in [3.8, 4) is 0 Å². The van der Waals surface area contributed by atoms with Gasteiger partial charge >= 0.3 is 0 Å². The summed E-state index contributed by atoms with van der Waals surface area (Å²) < 4.78 is 0. The first-order valence-electron chi connectivity index (χ1n) is 6.06. The van der Waals surface area contributed by atoms with E-state index in [-0.39, 0.29) is 0 Å². The summed E-state index contributed by atoms with van der Waals surface area (Å²) >= 11 is 3.49. The summed E-state index contributed by atoms with van der Waals surface area (Å²) in [6, 6.07) is 0. The molecule has 1 atom stereocenters. The van der Waals surface area contributed by atoms with Crippen molar-refractivity contribution in [1.29, 1.82) is 0 Å². The van der Waals surface area contributed by atoms with Gasteiger partial charge in [-0.25, -0.2) is 0 Å². The van der Waals surface area contributed by atoms with E-state index in [0.717, 1.165) is 17.2 Å². The molecule has 1 N–H and O–H groups in total. The van der Waals surface area contributed by atoms with E-state index in [1.54, 1.807) is 0 Å². The maximum atomic E-state index is 9.25. The molecule has 0 amide bonds. The average molecular weight is 278 g/mol. The summed E-state index contributed by atoms with van der Waals surface area (Å²) in [5.74, 6) is 1.95. The third kappa shape index (κ3) is 4.41. The number of hydrogen-bond donors (Lipinski definition) is 1. The molecule has 0 radical (unpaired) electrons. The van der Waals surface area contributed by atoms with Gasteiger partial charge in [0.25, 0.3) is 0 Å². The molecule has 1 saturated heterocycles. The zero-order valence-corrected chi connectivity index (χ0v) is 11.5. The number of rotatable bonds is 5. The van der Waals surface area contributed by atoms with Gasteiger partial charge in [0.15, 0.2) is 0 Å². The van der Waals surface area contributed by atoms with Crippen molar-refractivity contribution in [3.63, 3.8) is 0 Å². The van der Waals surface area contributed by atoms with Gasteiger partial charge in [0.1, 0.15) is 0 Å². The highest BCUT2D eigenvalue weighted by molar-refractivity contribution is 9.09. The fourth-order valence-corrected chi connectivity index (χ4v) is 3.18. The third-order valence-corrected chi connectivity index (χ3v) is 4.19. The predicted molar refractivity (Wildman–Crippen MR) is 68.4 cm³/mol. The highest BCUT2D eigenvalue weighted by Crippen LogP contribution is 2.26. The van der Waals surface area contributed by atoms with Gasteiger partial charge < -0.3 is 10.0 Å². The first-order chi connectivity index (χ1) is 7.17. The molecule has 15 heavy (non-hydrogen) atoms. The van der Waals surface area contributed by atoms with Gasteiger partial charge in [-0.2, -0.15) is 0 Å². The molecule has 1 aliphatic heterocycles. The number of piperidine rings is 1. The van der Waals surface area contributed by atoms with Crippen LogP contribution in [0.3, 0.4) is 0 Å². The van der Waals surface area contributed by atoms with Gasteiger partial charge in [-0.15, -0.1) is 0 Å². The molecular weight excluding hydrogens is 254 g/mol. The molecule has 0 aromatic heterocycles. The predicted octanol–water partition coefficient (Wildman–Crippen LogP) is 2.36. The number of aliphatic hydroxyl groups excluding tert-OH is 1. The zero-order chi connectivity index (χ0) is 11.3. The van der Waals surface area contributed by atoms with Crippen LogP contribution in [0.5, 0.6) is 0 Å². The van der Waals surface area contributed by atoms with Crippen LogP contribution in [0.25, 0.3) is 0 Å². The Morgan fingerprint density at radius 3 is 2.33 bits per heavy atom. The summed E-state index contributed by atoms with van der Waals surface area (Å²) in [6.07, 6.45) is 2.51. The Bertz CT molecular complexity index is 163. The maximum Gasteiger partial charge on any atom is 0.0469 e. The van der Waals surface area contributed by atoms with Gasteiger partial charge in [0, 0.05) is 18.5 Å². The number of alkyl halides is 1. The number of aliphatic hydroxyl groups is 1. The van der Waals surface area contributed by atoms with Crippen molar-refractivity contribution in [2.24, 2.45) is 17.8 Å². The lowest BCUT2D eigenvalue weighted by Crippen LogP contribution is -2.39. The summed E-state index contributed by atoms with van der Waals surface area (Å²) in [5.41, 5.74) is 0. The van der Waals surface area contributed by atoms with Crippen molar-refractivity contribution in [1.82, 2.24) is 4.90 Å². The lowest BCUT2D eigenvalue weighted by Gasteiger charge is -2.35. The first-order valence-corrected chi connectivity index (χ1v) is 7.18. The Balaban J connectivity index is 2.28. The summed E-state index contributed by atoms with van der Waals surface area (Å²) in [4.78, 5) is 2.56. The summed E-state index contributed by atoms with van der Waals surface area (Å²) in [5, 5.41) is 10.2. The van der Waals surface area contributed by atoms with Gasteiger partial charge in [0.2, 0.25) is 0 Å². The van der Waals surface area contributed by atoms with Crippen molar-refractivity contribution in [2.75, 3.05) is 31.6 Å². The van der Waals surface area contributed by atoms with Gasteiger partial charge in [0.05, 0.1) is 0 Å². The maximum absolute atomic E-state index is 9.25. The molecule has 0 aromatic rings. The Kier molecular flexibility index (Phi) is 6.17. The smallest absolute Gasteiger partial charge is 0.0469 e. The largest absolute Gasteiger partial charge is 0.396 e. The number of halogens is 1. The normalized spacial score (nSPS) is 22.2. The van der Waals surface area contributed by atoms with E-state index in [2.05, 4.69) is 34.7 Å². The van der Waals surface area contributed by atoms with Crippen LogP contribution in [0.1, 0.15) is 26.7 Å². The number of nitrogens with zero attached hydrogens (tertiary/aromatic N) is 1. The van der Waals surface area contributed by atoms with E-state index in [1.807, 2.05) is 0 Å². The van der Waals surface area contributed by atoms with Crippen LogP contribution in [-0.4, -0.2) is 41.6 Å². The Labute approximate surface area is 102 Å². The molecule has 0 aromatic carbocycles. The molecule has 0 aliphatic carbocycles. The van der Waals surface area contributed by atoms with Crippen LogP contribution < -0.4 is 0 Å². The Morgan fingerprint density at radius 2 is 1.93 bits per heavy atom. The summed E-state index contributed by atoms with van der Waals surface area (Å²) in [6.45, 7) is 8.55. The number of likely N-dealkylation sites (tertiary alicyclic amines) is 1. The van der Waals surface area contributed by atoms with E-state index in [1.165, 1.54) is 32.5 Å². The molecule has 1 fully saturated rings. The molecule has 0 bridgehead atoms. The standard InChI is InChI=1S/C12H24BrNO/c1-10(2)8-14-5-3-11(4-6-14)12(7-13)9-15/h10-12,15H,3-9H2,1-2H3. The molecule has 0 spiro atoms. The topological polar surface area (TPSA) is 23.5 Å². The van der Waals surface area contributed by atoms with Crippen molar-refractivity contribution in [2.45, 2.75) is 26.7 Å². The minimum absolute atomic E-state index is 0.333. The Hall–Kier alpha value is 0.400. The van der Waals surface area contributed by atoms with E-state index in [0.29, 0.717) is 12.5 Å². The van der Waals surface area contributed by atoms with Crippen LogP contribution in [-0.2, 0) is 0 Å². The second kappa shape index (κ2) is 6.87. The van der Waals surface area contributed by atoms with E-state index >= 15 is 0 Å². The zero-order valence-electron chi connectivity index (χ0n) is 9.95. The molecular formula is C12H24BrNO. The van der Waals surface area contributed by atoms with Gasteiger partial charge in [-0.1, -0.05) is 29.8 Å². The molecule has 0 saturated carbocycles. The number of hydrogen-bond acceptors (Lipinski definition) is 2. The highest BCUT2D eigenvalue weighted by Gasteiger charge is 2.25. The van der Waals surface area contributed by atoms with Gasteiger partial charge in [-0.05, 0) is 43.7 Å². The van der Waals surface area contributed by atoms with Gasteiger partial charge in [-0.3, -0.25) is 0 Å². The van der Waals surface area contributed by atoms with Crippen LogP contribution in [0, 0.1) is 17.8 Å². The molecule has 90 valence electrons. The Morgan fingerprint density at radius 1 is 1.33 bits per heavy atom. The SMILES string of the molecule is CC(C)CN1CCC(C(CO)CBr)CC1. The lowest BCUT2D eigenvalue weighted by atomic mass is 9.86. The van der Waals surface area contributed by atoms with E-state index < -0.39 is 0 Å². The van der Waals surface area contributed by atoms with Crippen molar-refractivity contribution in [3.05, 3.63) is 0 Å². The molecule has 1 unspecified atom stereocenters. The molecule has 3 heteroatoms. The minimum Gasteiger partial charge on any atom is -0.396 e. The third-order valence-electron chi connectivity index (χ3n) is 3.35. The fourth-order valence-electron chi connectivity index (χ4n) is 2.45. The second-order valence-corrected chi connectivity index (χ2v) is 5.78. The molecule has 1 aliphatic rings. The van der Waals surface area contributed by atoms with E-state index in [4.69, 9.17) is 0 Å². The van der Waals surface area contributed by atoms with Crippen LogP contribution in [0.4, 0.5) is 0 Å². The highest BCUT2D eigenvalue weighted by atomic mass is 79.9. The minimum atomic E-state index is 0.333. The van der Waals surface area contributed by atoms with Crippen molar-refractivity contribution >= 4 is 15.9 Å². The fraction of sp³-hybridized carbons (Fsp3) is 1.00. The van der Waals surface area contributed by atoms with Crippen LogP contribution in [0.15, 0.2) is 0 Å².